The van der Waals surface area contributed by atoms with Gasteiger partial charge in [-0.3, -0.25) is 4.79 Å². The van der Waals surface area contributed by atoms with E-state index in [2.05, 4.69) is 10.0 Å². The van der Waals surface area contributed by atoms with Gasteiger partial charge in [-0.15, -0.1) is 0 Å². The number of piperidine rings is 1. The summed E-state index contributed by atoms with van der Waals surface area (Å²) in [6.45, 7) is 0.912. The van der Waals surface area contributed by atoms with Crippen LogP contribution in [0.15, 0.2) is 52.3 Å². The molecule has 2 N–H and O–H groups in total. The Hall–Kier alpha value is -2.47. The molecular formula is C20H25N3O6S2. The molecule has 1 amide bonds. The third kappa shape index (κ3) is 5.06. The highest BCUT2D eigenvalue weighted by molar-refractivity contribution is 7.89. The Morgan fingerprint density at radius 1 is 0.935 bits per heavy atom. The van der Waals surface area contributed by atoms with Gasteiger partial charge in [-0.2, -0.15) is 4.31 Å². The van der Waals surface area contributed by atoms with E-state index >= 15 is 0 Å². The number of nitrogens with zero attached hydrogens (tertiary/aromatic N) is 1. The SMILES string of the molecule is CNS(=O)(=O)c1ccc(NC(=O)c2cc(S(=O)(=O)N3CCCCC3)ccc2OC)cc1. The third-order valence-corrected chi connectivity index (χ3v) is 8.38. The molecule has 1 fully saturated rings. The predicted molar refractivity (Wildman–Crippen MR) is 116 cm³/mol. The average Bonchev–Trinajstić information content (AvgIpc) is 2.79. The summed E-state index contributed by atoms with van der Waals surface area (Å²) in [5.41, 5.74) is 0.416. The van der Waals surface area contributed by atoms with Crippen molar-refractivity contribution in [2.45, 2.75) is 29.1 Å². The Morgan fingerprint density at radius 3 is 2.13 bits per heavy atom. The van der Waals surface area contributed by atoms with Crippen molar-refractivity contribution in [3.63, 3.8) is 0 Å². The lowest BCUT2D eigenvalue weighted by Crippen LogP contribution is -2.35. The summed E-state index contributed by atoms with van der Waals surface area (Å²) in [5.74, 6) is -0.346. The fraction of sp³-hybridized carbons (Fsp3) is 0.350. The first-order valence-corrected chi connectivity index (χ1v) is 12.6. The monoisotopic (exact) mass is 467 g/mol. The van der Waals surface area contributed by atoms with E-state index in [0.717, 1.165) is 19.3 Å². The number of hydrogen-bond donors (Lipinski definition) is 2. The number of rotatable bonds is 7. The zero-order valence-electron chi connectivity index (χ0n) is 17.3. The van der Waals surface area contributed by atoms with Crippen molar-refractivity contribution in [2.24, 2.45) is 0 Å². The van der Waals surface area contributed by atoms with Crippen LogP contribution in [0.3, 0.4) is 0 Å². The van der Waals surface area contributed by atoms with Gasteiger partial charge in [0.2, 0.25) is 20.0 Å². The van der Waals surface area contributed by atoms with Gasteiger partial charge in [-0.25, -0.2) is 21.6 Å². The zero-order valence-corrected chi connectivity index (χ0v) is 18.9. The fourth-order valence-electron chi connectivity index (χ4n) is 3.31. The molecule has 2 aromatic rings. The number of hydrogen-bond acceptors (Lipinski definition) is 6. The van der Waals surface area contributed by atoms with Gasteiger partial charge in [0.15, 0.2) is 0 Å². The van der Waals surface area contributed by atoms with Crippen molar-refractivity contribution in [3.05, 3.63) is 48.0 Å². The van der Waals surface area contributed by atoms with Crippen LogP contribution in [-0.4, -0.2) is 54.3 Å². The van der Waals surface area contributed by atoms with Crippen LogP contribution in [0.5, 0.6) is 5.75 Å². The molecule has 9 nitrogen and oxygen atoms in total. The van der Waals surface area contributed by atoms with Gasteiger partial charge in [0.05, 0.1) is 22.5 Å². The number of nitrogens with one attached hydrogen (secondary N) is 2. The van der Waals surface area contributed by atoms with Crippen molar-refractivity contribution in [2.75, 3.05) is 32.6 Å². The second-order valence-corrected chi connectivity index (χ2v) is 10.8. The molecule has 0 unspecified atom stereocenters. The van der Waals surface area contributed by atoms with Crippen LogP contribution < -0.4 is 14.8 Å². The molecular weight excluding hydrogens is 442 g/mol. The zero-order chi connectivity index (χ0) is 22.6. The molecule has 0 saturated carbocycles. The summed E-state index contributed by atoms with van der Waals surface area (Å²) in [6.07, 6.45) is 2.61. The van der Waals surface area contributed by atoms with Gasteiger partial charge in [0.1, 0.15) is 5.75 Å². The van der Waals surface area contributed by atoms with Crippen LogP contribution >= 0.6 is 0 Å². The summed E-state index contributed by atoms with van der Waals surface area (Å²) in [4.78, 5) is 12.9. The number of methoxy groups -OCH3 is 1. The normalized spacial score (nSPS) is 15.4. The topological polar surface area (TPSA) is 122 Å². The molecule has 0 radical (unpaired) electrons. The fourth-order valence-corrected chi connectivity index (χ4v) is 5.59. The van der Waals surface area contributed by atoms with E-state index in [1.165, 1.54) is 60.9 Å². The maximum atomic E-state index is 13.0. The first-order chi connectivity index (χ1) is 14.7. The number of carbonyl (C=O) groups excluding carboxylic acids is 1. The van der Waals surface area contributed by atoms with E-state index in [1.54, 1.807) is 0 Å². The van der Waals surface area contributed by atoms with Crippen LogP contribution in [0, 0.1) is 0 Å². The minimum absolute atomic E-state index is 0.0239. The number of sulfonamides is 2. The largest absolute Gasteiger partial charge is 0.496 e. The molecule has 3 rings (SSSR count). The van der Waals surface area contributed by atoms with Gasteiger partial charge in [0, 0.05) is 18.8 Å². The Bertz CT molecular complexity index is 1160. The summed E-state index contributed by atoms with van der Waals surface area (Å²) in [5, 5.41) is 2.65. The quantitative estimate of drug-likeness (QED) is 0.643. The molecule has 0 bridgehead atoms. The van der Waals surface area contributed by atoms with Gasteiger partial charge in [-0.1, -0.05) is 6.42 Å². The van der Waals surface area contributed by atoms with Crippen LogP contribution in [0.25, 0.3) is 0 Å². The number of anilines is 1. The highest BCUT2D eigenvalue weighted by Crippen LogP contribution is 2.27. The summed E-state index contributed by atoms with van der Waals surface area (Å²) in [7, 11) is -4.61. The molecule has 11 heteroatoms. The van der Waals surface area contributed by atoms with Crippen LogP contribution in [0.1, 0.15) is 29.6 Å². The molecule has 1 saturated heterocycles. The number of benzene rings is 2. The highest BCUT2D eigenvalue weighted by atomic mass is 32.2. The minimum atomic E-state index is -3.72. The molecule has 1 heterocycles. The van der Waals surface area contributed by atoms with E-state index in [-0.39, 0.29) is 21.1 Å². The maximum absolute atomic E-state index is 13.0. The first-order valence-electron chi connectivity index (χ1n) is 9.72. The lowest BCUT2D eigenvalue weighted by atomic mass is 10.2. The van der Waals surface area contributed by atoms with Crippen LogP contribution in [0.2, 0.25) is 0 Å². The molecule has 2 aromatic carbocycles. The smallest absolute Gasteiger partial charge is 0.259 e. The van der Waals surface area contributed by atoms with Gasteiger partial charge >= 0.3 is 0 Å². The van der Waals surface area contributed by atoms with Crippen molar-refractivity contribution in [3.8, 4) is 5.75 Å². The van der Waals surface area contributed by atoms with Crippen molar-refractivity contribution in [1.82, 2.24) is 9.03 Å². The molecule has 31 heavy (non-hydrogen) atoms. The van der Waals surface area contributed by atoms with Crippen LogP contribution in [0.4, 0.5) is 5.69 Å². The van der Waals surface area contributed by atoms with Crippen molar-refractivity contribution in [1.29, 1.82) is 0 Å². The molecule has 0 spiro atoms. The number of ether oxygens (including phenoxy) is 1. The second-order valence-electron chi connectivity index (χ2n) is 7.01. The van der Waals surface area contributed by atoms with E-state index < -0.39 is 26.0 Å². The van der Waals surface area contributed by atoms with E-state index in [4.69, 9.17) is 4.74 Å². The lowest BCUT2D eigenvalue weighted by Gasteiger charge is -2.26. The summed E-state index contributed by atoms with van der Waals surface area (Å²) in [6, 6.07) is 9.79. The third-order valence-electron chi connectivity index (χ3n) is 5.06. The second kappa shape index (κ2) is 9.35. The summed E-state index contributed by atoms with van der Waals surface area (Å²) < 4.78 is 58.5. The van der Waals surface area contributed by atoms with E-state index in [9.17, 15) is 21.6 Å². The average molecular weight is 468 g/mol. The van der Waals surface area contributed by atoms with Gasteiger partial charge in [0.25, 0.3) is 5.91 Å². The van der Waals surface area contributed by atoms with Gasteiger partial charge < -0.3 is 10.1 Å². The lowest BCUT2D eigenvalue weighted by molar-refractivity contribution is 0.102. The van der Waals surface area contributed by atoms with Crippen molar-refractivity contribution >= 4 is 31.6 Å². The maximum Gasteiger partial charge on any atom is 0.259 e. The molecule has 0 atom stereocenters. The van der Waals surface area contributed by atoms with E-state index in [0.29, 0.717) is 18.8 Å². The first kappa shape index (κ1) is 23.2. The highest BCUT2D eigenvalue weighted by Gasteiger charge is 2.27. The number of amides is 1. The molecule has 1 aliphatic heterocycles. The van der Waals surface area contributed by atoms with Crippen molar-refractivity contribution < 1.29 is 26.4 Å². The minimum Gasteiger partial charge on any atom is -0.496 e. The molecule has 168 valence electrons. The molecule has 1 aliphatic rings. The Balaban J connectivity index is 1.87. The molecule has 0 aliphatic carbocycles. The predicted octanol–water partition coefficient (Wildman–Crippen LogP) is 2.03. The standard InChI is InChI=1S/C20H25N3O6S2/c1-21-30(25,26)16-8-6-15(7-9-16)22-20(24)18-14-17(10-11-19(18)29-2)31(27,28)23-12-4-3-5-13-23/h6-11,14,21H,3-5,12-13H2,1-2H3,(H,22,24). The Morgan fingerprint density at radius 2 is 1.55 bits per heavy atom. The number of carbonyl (C=O) groups is 1. The Kier molecular flexibility index (Phi) is 6.99. The van der Waals surface area contributed by atoms with E-state index in [1.807, 2.05) is 0 Å². The Labute approximate surface area is 182 Å². The summed E-state index contributed by atoms with van der Waals surface area (Å²) >= 11 is 0. The van der Waals surface area contributed by atoms with Gasteiger partial charge in [-0.05, 0) is 62.4 Å². The van der Waals surface area contributed by atoms with Crippen LogP contribution in [-0.2, 0) is 20.0 Å². The molecule has 0 aromatic heterocycles.